The minimum atomic E-state index is -0.0160. The molecule has 0 aliphatic heterocycles. The number of hydrogen-bond donors (Lipinski definition) is 0. The lowest BCUT2D eigenvalue weighted by Crippen LogP contribution is -2.25. The highest BCUT2D eigenvalue weighted by molar-refractivity contribution is 5.75. The summed E-state index contributed by atoms with van der Waals surface area (Å²) in [6.45, 7) is 4.55. The number of carbonyl (C=O) groups is 1. The van der Waals surface area contributed by atoms with Crippen molar-refractivity contribution < 1.29 is 9.53 Å². The van der Waals surface area contributed by atoms with E-state index in [-0.39, 0.29) is 11.9 Å². The molecule has 1 aromatic rings. The highest BCUT2D eigenvalue weighted by atomic mass is 16.5. The highest BCUT2D eigenvalue weighted by Crippen LogP contribution is 2.38. The summed E-state index contributed by atoms with van der Waals surface area (Å²) in [5, 5.41) is 0. The van der Waals surface area contributed by atoms with Crippen LogP contribution in [0.3, 0.4) is 0 Å². The standard InChI is InChI=1S/C25H38O2/c1-3-5-19-7-11-21(12-8-19)22-15-17-24(18-16-22)27-25(26)23-13-9-20(6-4-2)10-14-23/h15-21,23H,3-14H2,1-2H3/t19-,20-,21-,23-. The van der Waals surface area contributed by atoms with Crippen LogP contribution in [0.25, 0.3) is 0 Å². The van der Waals surface area contributed by atoms with Gasteiger partial charge < -0.3 is 4.74 Å². The lowest BCUT2D eigenvalue weighted by atomic mass is 9.77. The fraction of sp³-hybridized carbons (Fsp3) is 0.720. The maximum atomic E-state index is 12.5. The van der Waals surface area contributed by atoms with Gasteiger partial charge in [-0.05, 0) is 86.8 Å². The first kappa shape index (κ1) is 20.4. The molecule has 2 nitrogen and oxygen atoms in total. The Morgan fingerprint density at radius 2 is 1.33 bits per heavy atom. The smallest absolute Gasteiger partial charge is 0.314 e. The van der Waals surface area contributed by atoms with E-state index in [1.807, 2.05) is 12.1 Å². The SMILES string of the molecule is CCC[C@H]1CC[C@H](C(=O)Oc2ccc([C@H]3CC[C@H](CCC)CC3)cc2)CC1. The van der Waals surface area contributed by atoms with Crippen LogP contribution in [-0.2, 0) is 4.79 Å². The van der Waals surface area contributed by atoms with Crippen LogP contribution in [0.5, 0.6) is 5.75 Å². The van der Waals surface area contributed by atoms with Gasteiger partial charge in [0.1, 0.15) is 5.75 Å². The monoisotopic (exact) mass is 370 g/mol. The summed E-state index contributed by atoms with van der Waals surface area (Å²) >= 11 is 0. The minimum absolute atomic E-state index is 0.0160. The third kappa shape index (κ3) is 5.83. The van der Waals surface area contributed by atoms with Crippen LogP contribution in [-0.4, -0.2) is 5.97 Å². The van der Waals surface area contributed by atoms with Crippen molar-refractivity contribution >= 4 is 5.97 Å². The van der Waals surface area contributed by atoms with Gasteiger partial charge in [0.15, 0.2) is 0 Å². The maximum Gasteiger partial charge on any atom is 0.314 e. The number of rotatable bonds is 7. The number of esters is 1. The summed E-state index contributed by atoms with van der Waals surface area (Å²) in [6.07, 6.45) is 15.0. The quantitative estimate of drug-likeness (QED) is 0.372. The predicted molar refractivity (Wildman–Crippen MR) is 112 cm³/mol. The van der Waals surface area contributed by atoms with Gasteiger partial charge in [-0.1, -0.05) is 51.7 Å². The average Bonchev–Trinajstić information content (AvgIpc) is 2.70. The second-order valence-corrected chi connectivity index (χ2v) is 9.00. The molecule has 2 fully saturated rings. The van der Waals surface area contributed by atoms with Crippen molar-refractivity contribution in [1.29, 1.82) is 0 Å². The molecule has 2 heteroatoms. The van der Waals surface area contributed by atoms with Gasteiger partial charge in [0.25, 0.3) is 0 Å². The van der Waals surface area contributed by atoms with E-state index in [1.165, 1.54) is 69.8 Å². The Morgan fingerprint density at radius 3 is 1.85 bits per heavy atom. The minimum Gasteiger partial charge on any atom is -0.426 e. The van der Waals surface area contributed by atoms with E-state index in [2.05, 4.69) is 26.0 Å². The first-order valence-electron chi connectivity index (χ1n) is 11.5. The first-order chi connectivity index (χ1) is 13.2. The number of benzene rings is 1. The molecule has 27 heavy (non-hydrogen) atoms. The molecule has 0 amide bonds. The zero-order chi connectivity index (χ0) is 19.1. The molecule has 0 spiro atoms. The molecule has 0 atom stereocenters. The highest BCUT2D eigenvalue weighted by Gasteiger charge is 2.27. The molecule has 2 saturated carbocycles. The van der Waals surface area contributed by atoms with E-state index in [1.54, 1.807) is 0 Å². The van der Waals surface area contributed by atoms with E-state index in [4.69, 9.17) is 4.74 Å². The Labute approximate surface area is 166 Å². The molecule has 3 rings (SSSR count). The van der Waals surface area contributed by atoms with Gasteiger partial charge in [-0.3, -0.25) is 4.79 Å². The third-order valence-electron chi connectivity index (χ3n) is 6.99. The molecule has 1 aromatic carbocycles. The Bertz CT molecular complexity index is 560. The fourth-order valence-corrected chi connectivity index (χ4v) is 5.30. The van der Waals surface area contributed by atoms with E-state index in [9.17, 15) is 4.79 Å². The van der Waals surface area contributed by atoms with E-state index in [0.717, 1.165) is 30.4 Å². The zero-order valence-corrected chi connectivity index (χ0v) is 17.4. The molecule has 0 heterocycles. The van der Waals surface area contributed by atoms with E-state index >= 15 is 0 Å². The van der Waals surface area contributed by atoms with Crippen molar-refractivity contribution in [3.05, 3.63) is 29.8 Å². The lowest BCUT2D eigenvalue weighted by molar-refractivity contribution is -0.140. The Balaban J connectivity index is 1.46. The number of carbonyl (C=O) groups excluding carboxylic acids is 1. The topological polar surface area (TPSA) is 26.3 Å². The normalized spacial score (nSPS) is 28.7. The molecule has 0 N–H and O–H groups in total. The van der Waals surface area contributed by atoms with E-state index in [0.29, 0.717) is 5.92 Å². The molecule has 0 unspecified atom stereocenters. The van der Waals surface area contributed by atoms with Crippen LogP contribution >= 0.6 is 0 Å². The molecule has 2 aliphatic carbocycles. The Kier molecular flexibility index (Phi) is 7.79. The second kappa shape index (κ2) is 10.3. The van der Waals surface area contributed by atoms with Crippen LogP contribution in [0.1, 0.15) is 102 Å². The molecule has 0 saturated heterocycles. The Morgan fingerprint density at radius 1 is 0.815 bits per heavy atom. The maximum absolute atomic E-state index is 12.5. The molecular weight excluding hydrogens is 332 g/mol. The van der Waals surface area contributed by atoms with Gasteiger partial charge in [-0.2, -0.15) is 0 Å². The fourth-order valence-electron chi connectivity index (χ4n) is 5.30. The van der Waals surface area contributed by atoms with Gasteiger partial charge in [-0.15, -0.1) is 0 Å². The van der Waals surface area contributed by atoms with Crippen LogP contribution < -0.4 is 4.74 Å². The summed E-state index contributed by atoms with van der Waals surface area (Å²) in [6, 6.07) is 8.39. The lowest BCUT2D eigenvalue weighted by Gasteiger charge is -2.29. The van der Waals surface area contributed by atoms with Gasteiger partial charge in [0.2, 0.25) is 0 Å². The predicted octanol–water partition coefficient (Wildman–Crippen LogP) is 7.27. The van der Waals surface area contributed by atoms with Gasteiger partial charge in [0.05, 0.1) is 5.92 Å². The summed E-state index contributed by atoms with van der Waals surface area (Å²) in [7, 11) is 0. The summed E-state index contributed by atoms with van der Waals surface area (Å²) < 4.78 is 5.70. The molecule has 0 bridgehead atoms. The van der Waals surface area contributed by atoms with Crippen molar-refractivity contribution in [1.82, 2.24) is 0 Å². The van der Waals surface area contributed by atoms with Crippen molar-refractivity contribution in [2.45, 2.75) is 96.8 Å². The zero-order valence-electron chi connectivity index (χ0n) is 17.4. The molecule has 0 radical (unpaired) electrons. The second-order valence-electron chi connectivity index (χ2n) is 9.00. The number of hydrogen-bond acceptors (Lipinski definition) is 2. The molecular formula is C25H38O2. The average molecular weight is 371 g/mol. The summed E-state index contributed by atoms with van der Waals surface area (Å²) in [5.74, 6) is 3.27. The Hall–Kier alpha value is -1.31. The van der Waals surface area contributed by atoms with Gasteiger partial charge >= 0.3 is 5.97 Å². The van der Waals surface area contributed by atoms with Crippen molar-refractivity contribution in [3.8, 4) is 5.75 Å². The van der Waals surface area contributed by atoms with Crippen molar-refractivity contribution in [2.24, 2.45) is 17.8 Å². The molecule has 0 aromatic heterocycles. The van der Waals surface area contributed by atoms with Crippen molar-refractivity contribution in [2.75, 3.05) is 0 Å². The summed E-state index contributed by atoms with van der Waals surface area (Å²) in [4.78, 5) is 12.5. The van der Waals surface area contributed by atoms with Gasteiger partial charge in [-0.25, -0.2) is 0 Å². The first-order valence-corrected chi connectivity index (χ1v) is 11.5. The molecule has 2 aliphatic rings. The van der Waals surface area contributed by atoms with Crippen LogP contribution in [0, 0.1) is 17.8 Å². The van der Waals surface area contributed by atoms with Crippen LogP contribution in [0.4, 0.5) is 0 Å². The largest absolute Gasteiger partial charge is 0.426 e. The van der Waals surface area contributed by atoms with Crippen molar-refractivity contribution in [3.63, 3.8) is 0 Å². The van der Waals surface area contributed by atoms with Crippen LogP contribution in [0.2, 0.25) is 0 Å². The van der Waals surface area contributed by atoms with Crippen LogP contribution in [0.15, 0.2) is 24.3 Å². The number of ether oxygens (including phenoxy) is 1. The third-order valence-corrected chi connectivity index (χ3v) is 6.99. The molecule has 150 valence electrons. The van der Waals surface area contributed by atoms with Gasteiger partial charge in [0, 0.05) is 0 Å². The van der Waals surface area contributed by atoms with E-state index < -0.39 is 0 Å². The summed E-state index contributed by atoms with van der Waals surface area (Å²) in [5.41, 5.74) is 1.42.